The first kappa shape index (κ1) is 52.3. The van der Waals surface area contributed by atoms with Crippen molar-refractivity contribution in [3.63, 3.8) is 0 Å². The minimum absolute atomic E-state index is 0.0119. The lowest BCUT2D eigenvalue weighted by Crippen LogP contribution is -2.35. The van der Waals surface area contributed by atoms with Crippen LogP contribution in [0.1, 0.15) is 102 Å². The lowest BCUT2D eigenvalue weighted by Gasteiger charge is -2.34. The van der Waals surface area contributed by atoms with Crippen molar-refractivity contribution in [1.82, 2.24) is 40.8 Å². The molecule has 19 nitrogen and oxygen atoms in total. The third-order valence-corrected chi connectivity index (χ3v) is 14.6. The quantitative estimate of drug-likeness (QED) is 0.0231. The van der Waals surface area contributed by atoms with Crippen LogP contribution in [0.5, 0.6) is 0 Å². The molecule has 1 unspecified atom stereocenters. The maximum atomic E-state index is 13.8. The Bertz CT molecular complexity index is 3110. The summed E-state index contributed by atoms with van der Waals surface area (Å²) in [4.78, 5) is 39.3. The standard InChI is InChI=1S/C54H58N12O7S2/c67-42(30-34-15-3-1-4-16-34)55-51-63-59-45(72-51)25-9-10-26-46-60-64-52(73-46)56-43(68)32-36-19-13-20-37(29-36)38-21-14-22-39(33-38)49(70)40-23-7-8-24-41(40)50(71)58-54-66-62-48(75-54)28-12-11-27-47-61-65-53(74-47)57-44(69)31-35-17-5-2-6-18-35/h1-6,13-22,29,33,40-41,44,49,69-70H,7-12,23-28,30-32H2,(H,57,65)(H,55,63,67)(H,56,64,68)(H,58,66,71)/t40-,41-,44?,49-/m1/s1. The normalized spacial score (nSPS) is 15.2. The number of unbranched alkanes of at least 4 members (excludes halogenated alkanes) is 2. The summed E-state index contributed by atoms with van der Waals surface area (Å²) in [5.74, 6) is -0.632. The summed E-state index contributed by atoms with van der Waals surface area (Å²) in [5, 5.41) is 69.5. The van der Waals surface area contributed by atoms with Crippen LogP contribution in [-0.2, 0) is 59.3 Å². The molecule has 1 fully saturated rings. The summed E-state index contributed by atoms with van der Waals surface area (Å²) in [7, 11) is 0. The van der Waals surface area contributed by atoms with Gasteiger partial charge in [0.1, 0.15) is 16.2 Å². The monoisotopic (exact) mass is 1050 g/mol. The number of anilines is 4. The van der Waals surface area contributed by atoms with Crippen LogP contribution in [0.25, 0.3) is 11.1 Å². The van der Waals surface area contributed by atoms with Crippen LogP contribution in [-0.4, -0.2) is 75.0 Å². The molecule has 0 aliphatic heterocycles. The molecular formula is C54H58N12O7S2. The van der Waals surface area contributed by atoms with E-state index in [1.807, 2.05) is 109 Å². The van der Waals surface area contributed by atoms with Crippen molar-refractivity contribution < 1.29 is 33.4 Å². The predicted octanol–water partition coefficient (Wildman–Crippen LogP) is 8.77. The molecule has 1 saturated carbocycles. The molecule has 0 saturated heterocycles. The number of aryl methyl sites for hydroxylation is 4. The highest BCUT2D eigenvalue weighted by Gasteiger charge is 2.37. The molecular weight excluding hydrogens is 993 g/mol. The number of amides is 3. The van der Waals surface area contributed by atoms with E-state index >= 15 is 0 Å². The van der Waals surface area contributed by atoms with Crippen molar-refractivity contribution >= 4 is 62.7 Å². The summed E-state index contributed by atoms with van der Waals surface area (Å²) >= 11 is 2.81. The number of carbonyl (C=O) groups is 3. The average Bonchev–Trinajstić information content (AvgIpc) is 4.27. The SMILES string of the molecule is O=C(Cc1ccccc1)Nc1nnc(CCCCc2nnc(NC(=O)Cc3cccc(-c4cccc([C@@H](O)[C@@H]5CCCC[C@H]5C(=O)Nc5nnc(CCCCc6nnc(NC(O)Cc7ccccc7)s6)s5)c4)c3)o2)o1. The highest BCUT2D eigenvalue weighted by Crippen LogP contribution is 2.40. The maximum Gasteiger partial charge on any atom is 0.322 e. The summed E-state index contributed by atoms with van der Waals surface area (Å²) in [6, 6.07) is 34.6. The van der Waals surface area contributed by atoms with Gasteiger partial charge in [-0.1, -0.05) is 149 Å². The van der Waals surface area contributed by atoms with Gasteiger partial charge in [-0.2, -0.15) is 0 Å². The summed E-state index contributed by atoms with van der Waals surface area (Å²) in [6.45, 7) is 0. The third kappa shape index (κ3) is 15.5. The maximum absolute atomic E-state index is 13.8. The Morgan fingerprint density at radius 2 is 1.11 bits per heavy atom. The van der Waals surface area contributed by atoms with Crippen molar-refractivity contribution in [2.45, 2.75) is 109 Å². The van der Waals surface area contributed by atoms with E-state index in [2.05, 4.69) is 62.1 Å². The minimum Gasteiger partial charge on any atom is -0.408 e. The first-order valence-electron chi connectivity index (χ1n) is 25.3. The lowest BCUT2D eigenvalue weighted by molar-refractivity contribution is -0.124. The molecule has 4 heterocycles. The Labute approximate surface area is 441 Å². The average molecular weight is 1050 g/mol. The lowest BCUT2D eigenvalue weighted by atomic mass is 9.74. The fourth-order valence-corrected chi connectivity index (χ4v) is 10.7. The second kappa shape index (κ2) is 26.1. The first-order chi connectivity index (χ1) is 36.6. The summed E-state index contributed by atoms with van der Waals surface area (Å²) < 4.78 is 11.3. The van der Waals surface area contributed by atoms with Gasteiger partial charge in [-0.25, -0.2) is 0 Å². The first-order valence-corrected chi connectivity index (χ1v) is 26.9. The molecule has 6 N–H and O–H groups in total. The van der Waals surface area contributed by atoms with E-state index in [1.165, 1.54) is 22.7 Å². The van der Waals surface area contributed by atoms with Gasteiger partial charge in [0.25, 0.3) is 0 Å². The molecule has 75 heavy (non-hydrogen) atoms. The van der Waals surface area contributed by atoms with Crippen molar-refractivity contribution in [3.8, 4) is 11.1 Å². The highest BCUT2D eigenvalue weighted by molar-refractivity contribution is 7.15. The van der Waals surface area contributed by atoms with Gasteiger partial charge in [-0.3, -0.25) is 25.0 Å². The number of aromatic nitrogens is 8. The van der Waals surface area contributed by atoms with Crippen LogP contribution in [0.2, 0.25) is 0 Å². The molecule has 8 aromatic rings. The van der Waals surface area contributed by atoms with E-state index in [0.717, 1.165) is 75.5 Å². The van der Waals surface area contributed by atoms with Gasteiger partial charge in [-0.05, 0) is 78.0 Å². The molecule has 9 rings (SSSR count). The highest BCUT2D eigenvalue weighted by atomic mass is 32.1. The number of aliphatic hydroxyl groups is 2. The number of rotatable bonds is 25. The number of nitrogens with one attached hydrogen (secondary N) is 4. The van der Waals surface area contributed by atoms with Crippen LogP contribution in [0, 0.1) is 11.8 Å². The predicted molar refractivity (Wildman–Crippen MR) is 283 cm³/mol. The van der Waals surface area contributed by atoms with Gasteiger partial charge in [0, 0.05) is 43.9 Å². The molecule has 0 spiro atoms. The summed E-state index contributed by atoms with van der Waals surface area (Å²) in [6.07, 6.45) is 7.82. The van der Waals surface area contributed by atoms with Gasteiger partial charge >= 0.3 is 12.0 Å². The Morgan fingerprint density at radius 3 is 1.77 bits per heavy atom. The molecule has 4 atom stereocenters. The van der Waals surface area contributed by atoms with E-state index in [0.29, 0.717) is 73.4 Å². The molecule has 0 radical (unpaired) electrons. The van der Waals surface area contributed by atoms with Gasteiger partial charge < -0.3 is 29.7 Å². The number of carbonyl (C=O) groups excluding carboxylic acids is 3. The molecule has 1 aliphatic carbocycles. The van der Waals surface area contributed by atoms with Crippen LogP contribution < -0.4 is 21.3 Å². The number of benzene rings is 4. The van der Waals surface area contributed by atoms with E-state index in [9.17, 15) is 24.6 Å². The van der Waals surface area contributed by atoms with Crippen LogP contribution in [0.15, 0.2) is 118 Å². The second-order valence-electron chi connectivity index (χ2n) is 18.5. The van der Waals surface area contributed by atoms with E-state index < -0.39 is 18.2 Å². The molecule has 388 valence electrons. The van der Waals surface area contributed by atoms with Crippen LogP contribution >= 0.6 is 22.7 Å². The zero-order valence-electron chi connectivity index (χ0n) is 41.1. The smallest absolute Gasteiger partial charge is 0.322 e. The van der Waals surface area contributed by atoms with E-state index in [4.69, 9.17) is 8.83 Å². The van der Waals surface area contributed by atoms with Crippen molar-refractivity contribution in [3.05, 3.63) is 153 Å². The van der Waals surface area contributed by atoms with Crippen molar-refractivity contribution in [1.29, 1.82) is 0 Å². The van der Waals surface area contributed by atoms with Crippen LogP contribution in [0.3, 0.4) is 0 Å². The molecule has 4 aromatic carbocycles. The van der Waals surface area contributed by atoms with Crippen LogP contribution in [0.4, 0.5) is 22.3 Å². The molecule has 1 aliphatic rings. The number of nitrogens with zero attached hydrogens (tertiary/aromatic N) is 8. The molecule has 21 heteroatoms. The summed E-state index contributed by atoms with van der Waals surface area (Å²) in [5.41, 5.74) is 5.15. The Kier molecular flexibility index (Phi) is 18.2. The number of aliphatic hydroxyl groups excluding tert-OH is 2. The van der Waals surface area contributed by atoms with Gasteiger partial charge in [0.2, 0.25) is 39.8 Å². The fraction of sp³-hybridized carbons (Fsp3) is 0.352. The molecule has 3 amide bonds. The third-order valence-electron chi connectivity index (χ3n) is 12.8. The molecule has 0 bridgehead atoms. The van der Waals surface area contributed by atoms with Crippen molar-refractivity contribution in [2.75, 3.05) is 21.3 Å². The molecule has 4 aromatic heterocycles. The Morgan fingerprint density at radius 1 is 0.560 bits per heavy atom. The number of hydrogen-bond donors (Lipinski definition) is 6. The Hall–Kier alpha value is -7.59. The van der Waals surface area contributed by atoms with Gasteiger partial charge in [-0.15, -0.1) is 30.6 Å². The topological polar surface area (TPSA) is 269 Å². The van der Waals surface area contributed by atoms with E-state index in [-0.39, 0.29) is 48.5 Å². The van der Waals surface area contributed by atoms with Gasteiger partial charge in [0.05, 0.1) is 18.9 Å². The van der Waals surface area contributed by atoms with Crippen molar-refractivity contribution in [2.24, 2.45) is 11.8 Å². The zero-order valence-corrected chi connectivity index (χ0v) is 42.8. The Balaban J connectivity index is 0.698. The minimum atomic E-state index is -0.872. The largest absolute Gasteiger partial charge is 0.408 e. The number of hydrogen-bond acceptors (Lipinski definition) is 18. The second-order valence-corrected chi connectivity index (χ2v) is 20.6. The van der Waals surface area contributed by atoms with Gasteiger partial charge in [0.15, 0.2) is 0 Å². The zero-order chi connectivity index (χ0) is 51.8. The fourth-order valence-electron chi connectivity index (χ4n) is 9.13. The van der Waals surface area contributed by atoms with E-state index in [1.54, 1.807) is 0 Å².